The smallest absolute Gasteiger partial charge is 0.270 e. The largest absolute Gasteiger partial charge is 0.492 e. The van der Waals surface area contributed by atoms with Gasteiger partial charge in [-0.25, -0.2) is 14.5 Å². The summed E-state index contributed by atoms with van der Waals surface area (Å²) >= 11 is 0. The first kappa shape index (κ1) is 27.1. The van der Waals surface area contributed by atoms with Gasteiger partial charge in [0.15, 0.2) is 5.65 Å². The molecule has 0 bridgehead atoms. The van der Waals surface area contributed by atoms with Gasteiger partial charge >= 0.3 is 0 Å². The molecule has 7 rings (SSSR count). The molecule has 0 atom stereocenters. The third-order valence-electron chi connectivity index (χ3n) is 8.20. The van der Waals surface area contributed by atoms with Crippen molar-refractivity contribution in [1.82, 2.24) is 33.7 Å². The molecule has 1 aliphatic rings. The highest BCUT2D eigenvalue weighted by Gasteiger charge is 2.20. The molecule has 3 aromatic carbocycles. The number of piperazine rings is 1. The fraction of sp³-hybridized carbons (Fsp3) is 0.273. The van der Waals surface area contributed by atoms with E-state index < -0.39 is 0 Å². The van der Waals surface area contributed by atoms with Gasteiger partial charge in [-0.2, -0.15) is 4.98 Å². The lowest BCUT2D eigenvalue weighted by Gasteiger charge is -2.32. The molecule has 4 heterocycles. The Balaban J connectivity index is 1.21. The van der Waals surface area contributed by atoms with Gasteiger partial charge in [-0.3, -0.25) is 14.1 Å². The summed E-state index contributed by atoms with van der Waals surface area (Å²) < 4.78 is 9.63. The van der Waals surface area contributed by atoms with Crippen molar-refractivity contribution in [3.8, 4) is 11.4 Å². The third kappa shape index (κ3) is 5.09. The van der Waals surface area contributed by atoms with Crippen LogP contribution in [0.15, 0.2) is 77.7 Å². The Hall–Kier alpha value is -4.80. The van der Waals surface area contributed by atoms with Gasteiger partial charge in [0.2, 0.25) is 11.7 Å². The number of hydrogen-bond donors (Lipinski definition) is 1. The SMILES string of the molecule is Cc1cccc(C)c1-n1c(=O)c2cnc(Nc3ccc(OCCN4CCN(C)CC4)cc3)nc2n2c3ccccc3nc12. The van der Waals surface area contributed by atoms with Crippen LogP contribution in [0.1, 0.15) is 11.1 Å². The van der Waals surface area contributed by atoms with Gasteiger partial charge in [0.05, 0.1) is 16.7 Å². The highest BCUT2D eigenvalue weighted by atomic mass is 16.5. The lowest BCUT2D eigenvalue weighted by atomic mass is 10.1. The van der Waals surface area contributed by atoms with Crippen LogP contribution < -0.4 is 15.6 Å². The molecule has 43 heavy (non-hydrogen) atoms. The molecule has 0 amide bonds. The van der Waals surface area contributed by atoms with Crippen molar-refractivity contribution in [2.75, 3.05) is 51.7 Å². The van der Waals surface area contributed by atoms with E-state index in [1.54, 1.807) is 10.8 Å². The zero-order valence-corrected chi connectivity index (χ0v) is 24.6. The fourth-order valence-electron chi connectivity index (χ4n) is 5.83. The molecule has 0 spiro atoms. The van der Waals surface area contributed by atoms with Crippen molar-refractivity contribution in [1.29, 1.82) is 0 Å². The minimum atomic E-state index is -0.208. The van der Waals surface area contributed by atoms with Crippen molar-refractivity contribution < 1.29 is 4.74 Å². The van der Waals surface area contributed by atoms with E-state index in [4.69, 9.17) is 14.7 Å². The number of para-hydroxylation sites is 3. The van der Waals surface area contributed by atoms with Gasteiger partial charge < -0.3 is 15.0 Å². The standard InChI is InChI=1S/C33H34N8O2/c1-22-7-6-8-23(2)29(22)41-31(42)26-21-34-32(37-30(26)40-28-10-5-4-9-27(28)36-33(40)41)35-24-11-13-25(14-12-24)43-20-19-39-17-15-38(3)16-18-39/h4-14,21H,15-20H2,1-3H3,(H,34,35,37). The molecule has 0 radical (unpaired) electrons. The van der Waals surface area contributed by atoms with Crippen LogP contribution in [0.5, 0.6) is 5.75 Å². The summed E-state index contributed by atoms with van der Waals surface area (Å²) in [6, 6.07) is 21.6. The summed E-state index contributed by atoms with van der Waals surface area (Å²) in [6.45, 7) is 9.94. The summed E-state index contributed by atoms with van der Waals surface area (Å²) in [5, 5.41) is 3.70. The average Bonchev–Trinajstić information content (AvgIpc) is 3.40. The highest BCUT2D eigenvalue weighted by Crippen LogP contribution is 2.26. The molecule has 6 aromatic rings. The molecule has 3 aromatic heterocycles. The molecule has 0 aliphatic carbocycles. The van der Waals surface area contributed by atoms with Crippen LogP contribution in [-0.4, -0.2) is 80.1 Å². The number of hydrogen-bond acceptors (Lipinski definition) is 8. The molecule has 1 N–H and O–H groups in total. The molecule has 218 valence electrons. The maximum atomic E-state index is 14.0. The minimum absolute atomic E-state index is 0.208. The lowest BCUT2D eigenvalue weighted by Crippen LogP contribution is -2.45. The zero-order valence-electron chi connectivity index (χ0n) is 24.6. The lowest BCUT2D eigenvalue weighted by molar-refractivity contribution is 0.134. The number of nitrogens with one attached hydrogen (secondary N) is 1. The van der Waals surface area contributed by atoms with Crippen LogP contribution in [0.25, 0.3) is 33.5 Å². The summed E-state index contributed by atoms with van der Waals surface area (Å²) in [6.07, 6.45) is 1.60. The maximum absolute atomic E-state index is 14.0. The summed E-state index contributed by atoms with van der Waals surface area (Å²) in [4.78, 5) is 33.1. The molecule has 0 unspecified atom stereocenters. The Morgan fingerprint density at radius 1 is 0.884 bits per heavy atom. The third-order valence-corrected chi connectivity index (χ3v) is 8.20. The fourth-order valence-corrected chi connectivity index (χ4v) is 5.83. The number of fused-ring (bicyclic) bond motifs is 5. The van der Waals surface area contributed by atoms with Crippen LogP contribution in [0.4, 0.5) is 11.6 Å². The van der Waals surface area contributed by atoms with Crippen molar-refractivity contribution >= 4 is 39.5 Å². The van der Waals surface area contributed by atoms with Gasteiger partial charge in [0, 0.05) is 44.6 Å². The second kappa shape index (κ2) is 11.1. The maximum Gasteiger partial charge on any atom is 0.270 e. The molecular weight excluding hydrogens is 540 g/mol. The second-order valence-corrected chi connectivity index (χ2v) is 11.2. The summed E-state index contributed by atoms with van der Waals surface area (Å²) in [5.41, 5.74) is 5.56. The van der Waals surface area contributed by atoms with E-state index >= 15 is 0 Å². The van der Waals surface area contributed by atoms with Crippen LogP contribution >= 0.6 is 0 Å². The number of aryl methyl sites for hydroxylation is 2. The number of anilines is 2. The summed E-state index contributed by atoms with van der Waals surface area (Å²) in [5.74, 6) is 1.72. The molecule has 1 fully saturated rings. The van der Waals surface area contributed by atoms with Gasteiger partial charge in [-0.05, 0) is 68.4 Å². The molecular formula is C33H34N8O2. The minimum Gasteiger partial charge on any atom is -0.492 e. The molecule has 10 heteroatoms. The average molecular weight is 575 g/mol. The van der Waals surface area contributed by atoms with Crippen molar-refractivity contribution in [2.45, 2.75) is 13.8 Å². The first-order valence-corrected chi connectivity index (χ1v) is 14.6. The number of aromatic nitrogens is 5. The van der Waals surface area contributed by atoms with Crippen LogP contribution in [0.3, 0.4) is 0 Å². The van der Waals surface area contributed by atoms with E-state index in [-0.39, 0.29) is 5.56 Å². The van der Waals surface area contributed by atoms with E-state index in [2.05, 4.69) is 27.1 Å². The van der Waals surface area contributed by atoms with E-state index in [1.807, 2.05) is 85.0 Å². The van der Waals surface area contributed by atoms with Crippen LogP contribution in [0.2, 0.25) is 0 Å². The Morgan fingerprint density at radius 2 is 1.63 bits per heavy atom. The number of likely N-dealkylation sites (N-methyl/N-ethyl adjacent to an activating group) is 1. The number of imidazole rings is 1. The quantitative estimate of drug-likeness (QED) is 0.297. The Kier molecular flexibility index (Phi) is 7.00. The van der Waals surface area contributed by atoms with Crippen LogP contribution in [0, 0.1) is 13.8 Å². The monoisotopic (exact) mass is 574 g/mol. The van der Waals surface area contributed by atoms with Crippen molar-refractivity contribution in [3.63, 3.8) is 0 Å². The number of rotatable bonds is 7. The normalized spacial score (nSPS) is 14.6. The number of nitrogens with zero attached hydrogens (tertiary/aromatic N) is 7. The van der Waals surface area contributed by atoms with Gasteiger partial charge in [-0.15, -0.1) is 0 Å². The summed E-state index contributed by atoms with van der Waals surface area (Å²) in [7, 11) is 2.16. The Bertz CT molecular complexity index is 1990. The zero-order chi connectivity index (χ0) is 29.5. The highest BCUT2D eigenvalue weighted by molar-refractivity contribution is 5.88. The molecule has 1 saturated heterocycles. The molecule has 0 saturated carbocycles. The van der Waals surface area contributed by atoms with E-state index in [0.29, 0.717) is 29.4 Å². The second-order valence-electron chi connectivity index (χ2n) is 11.2. The van der Waals surface area contributed by atoms with E-state index in [9.17, 15) is 4.79 Å². The predicted molar refractivity (Wildman–Crippen MR) is 170 cm³/mol. The van der Waals surface area contributed by atoms with E-state index in [0.717, 1.165) is 72.0 Å². The molecule has 10 nitrogen and oxygen atoms in total. The van der Waals surface area contributed by atoms with Crippen molar-refractivity contribution in [2.24, 2.45) is 0 Å². The topological polar surface area (TPSA) is 92.8 Å². The Labute approximate surface area is 249 Å². The van der Waals surface area contributed by atoms with Gasteiger partial charge in [0.1, 0.15) is 17.7 Å². The van der Waals surface area contributed by atoms with Gasteiger partial charge in [0.25, 0.3) is 5.56 Å². The first-order chi connectivity index (χ1) is 21.0. The van der Waals surface area contributed by atoms with Crippen molar-refractivity contribution in [3.05, 3.63) is 94.4 Å². The Morgan fingerprint density at radius 3 is 2.40 bits per heavy atom. The van der Waals surface area contributed by atoms with Crippen LogP contribution in [-0.2, 0) is 0 Å². The van der Waals surface area contributed by atoms with E-state index in [1.165, 1.54) is 0 Å². The first-order valence-electron chi connectivity index (χ1n) is 14.6. The number of ether oxygens (including phenoxy) is 1. The predicted octanol–water partition coefficient (Wildman–Crippen LogP) is 4.57. The molecule has 1 aliphatic heterocycles. The number of benzene rings is 3. The van der Waals surface area contributed by atoms with Gasteiger partial charge in [-0.1, -0.05) is 30.3 Å².